The third kappa shape index (κ3) is 10.8. The van der Waals surface area contributed by atoms with Gasteiger partial charge in [-0.15, -0.1) is 24.0 Å². The molecule has 0 aliphatic carbocycles. The summed E-state index contributed by atoms with van der Waals surface area (Å²) in [6.07, 6.45) is 0. The van der Waals surface area contributed by atoms with Crippen molar-refractivity contribution in [1.29, 1.82) is 0 Å². The van der Waals surface area contributed by atoms with Crippen LogP contribution in [0.5, 0.6) is 0 Å². The van der Waals surface area contributed by atoms with Gasteiger partial charge in [-0.1, -0.05) is 20.8 Å². The molecular weight excluding hydrogens is 353 g/mol. The van der Waals surface area contributed by atoms with E-state index >= 15 is 0 Å². The third-order valence-corrected chi connectivity index (χ3v) is 3.75. The number of hydrogen-bond donors (Lipinski definition) is 2. The average molecular weight is 377 g/mol. The van der Waals surface area contributed by atoms with Crippen LogP contribution in [0.25, 0.3) is 0 Å². The molecule has 0 aliphatic heterocycles. The van der Waals surface area contributed by atoms with Crippen molar-refractivity contribution in [1.82, 2.24) is 10.6 Å². The molecule has 0 fully saturated rings. The zero-order valence-corrected chi connectivity index (χ0v) is 14.1. The van der Waals surface area contributed by atoms with Gasteiger partial charge >= 0.3 is 0 Å². The molecule has 0 aromatic carbocycles. The average Bonchev–Trinajstić information content (AvgIpc) is 2.22. The highest BCUT2D eigenvalue weighted by molar-refractivity contribution is 14.0. The maximum absolute atomic E-state index is 11.2. The fourth-order valence-electron chi connectivity index (χ4n) is 0.991. The summed E-state index contributed by atoms with van der Waals surface area (Å²) < 4.78 is 22.5. The van der Waals surface area contributed by atoms with Gasteiger partial charge in [0, 0.05) is 25.9 Å². The summed E-state index contributed by atoms with van der Waals surface area (Å²) in [6, 6.07) is 0. The zero-order valence-electron chi connectivity index (χ0n) is 11.0. The maximum Gasteiger partial charge on any atom is 0.191 e. The van der Waals surface area contributed by atoms with E-state index in [4.69, 9.17) is 0 Å². The molecule has 0 saturated heterocycles. The van der Waals surface area contributed by atoms with E-state index in [1.165, 1.54) is 0 Å². The van der Waals surface area contributed by atoms with E-state index in [1.807, 2.05) is 0 Å². The molecule has 0 saturated carbocycles. The normalized spacial score (nSPS) is 12.2. The summed E-state index contributed by atoms with van der Waals surface area (Å²) in [5.41, 5.74) is 0. The highest BCUT2D eigenvalue weighted by atomic mass is 127. The Bertz CT molecular complexity index is 316. The van der Waals surface area contributed by atoms with Gasteiger partial charge in [0.15, 0.2) is 15.8 Å². The van der Waals surface area contributed by atoms with E-state index in [2.05, 4.69) is 29.5 Å². The van der Waals surface area contributed by atoms with Crippen LogP contribution in [-0.4, -0.2) is 46.0 Å². The summed E-state index contributed by atoms with van der Waals surface area (Å²) in [5, 5.41) is 6.09. The summed E-state index contributed by atoms with van der Waals surface area (Å²) >= 11 is 0. The lowest BCUT2D eigenvalue weighted by Gasteiger charge is -2.13. The van der Waals surface area contributed by atoms with Crippen LogP contribution in [0, 0.1) is 5.92 Å². The van der Waals surface area contributed by atoms with Gasteiger partial charge in [-0.25, -0.2) is 8.42 Å². The predicted octanol–water partition coefficient (Wildman–Crippen LogP) is 0.860. The molecule has 0 radical (unpaired) electrons. The van der Waals surface area contributed by atoms with Crippen LogP contribution < -0.4 is 10.6 Å². The Balaban J connectivity index is 0. The smallest absolute Gasteiger partial charge is 0.191 e. The maximum atomic E-state index is 11.2. The fraction of sp³-hybridized carbons (Fsp3) is 0.900. The third-order valence-electron chi connectivity index (χ3n) is 2.05. The lowest BCUT2D eigenvalue weighted by atomic mass is 10.2. The molecule has 0 rings (SSSR count). The van der Waals surface area contributed by atoms with Gasteiger partial charge in [0.05, 0.1) is 5.75 Å². The van der Waals surface area contributed by atoms with Crippen LogP contribution in [0.3, 0.4) is 0 Å². The predicted molar refractivity (Wildman–Crippen MR) is 83.9 cm³/mol. The van der Waals surface area contributed by atoms with Crippen LogP contribution in [0.15, 0.2) is 4.99 Å². The van der Waals surface area contributed by atoms with Crippen LogP contribution in [0.4, 0.5) is 0 Å². The van der Waals surface area contributed by atoms with Gasteiger partial charge in [-0.3, -0.25) is 4.99 Å². The van der Waals surface area contributed by atoms with E-state index < -0.39 is 9.84 Å². The molecule has 2 N–H and O–H groups in total. The van der Waals surface area contributed by atoms with Crippen LogP contribution >= 0.6 is 24.0 Å². The van der Waals surface area contributed by atoms with Crippen molar-refractivity contribution in [2.75, 3.05) is 31.6 Å². The monoisotopic (exact) mass is 377 g/mol. The molecule has 7 heteroatoms. The highest BCUT2D eigenvalue weighted by Crippen LogP contribution is 1.88. The second-order valence-electron chi connectivity index (χ2n) is 4.01. The number of hydrogen-bond acceptors (Lipinski definition) is 3. The van der Waals surface area contributed by atoms with Gasteiger partial charge < -0.3 is 10.6 Å². The van der Waals surface area contributed by atoms with Crippen molar-refractivity contribution >= 4 is 39.8 Å². The van der Waals surface area contributed by atoms with Crippen LogP contribution in [-0.2, 0) is 9.84 Å². The summed E-state index contributed by atoms with van der Waals surface area (Å²) in [4.78, 5) is 4.01. The molecule has 0 amide bonds. The van der Waals surface area contributed by atoms with E-state index in [0.717, 1.165) is 6.54 Å². The number of nitrogens with one attached hydrogen (secondary N) is 2. The molecule has 0 bridgehead atoms. The minimum atomic E-state index is -2.90. The molecule has 0 aliphatic rings. The second-order valence-corrected chi connectivity index (χ2v) is 6.48. The Morgan fingerprint density at radius 2 is 1.88 bits per heavy atom. The molecule has 0 aromatic heterocycles. The Morgan fingerprint density at radius 1 is 1.29 bits per heavy atom. The molecular formula is C10H24IN3O2S. The largest absolute Gasteiger partial charge is 0.356 e. The van der Waals surface area contributed by atoms with E-state index in [1.54, 1.807) is 14.0 Å². The van der Waals surface area contributed by atoms with Crippen LogP contribution in [0.1, 0.15) is 20.8 Å². The lowest BCUT2D eigenvalue weighted by molar-refractivity contribution is 0.594. The van der Waals surface area contributed by atoms with Gasteiger partial charge in [0.25, 0.3) is 0 Å². The first-order chi connectivity index (χ1) is 7.41. The molecule has 104 valence electrons. The SMILES string of the molecule is CCS(=O)(=O)CCNC(=NC)NCC(C)C.I. The van der Waals surface area contributed by atoms with Crippen molar-refractivity contribution in [3.63, 3.8) is 0 Å². The van der Waals surface area contributed by atoms with Crippen molar-refractivity contribution in [3.8, 4) is 0 Å². The summed E-state index contributed by atoms with van der Waals surface area (Å²) in [7, 11) is -1.23. The fourth-order valence-corrected chi connectivity index (χ4v) is 1.69. The van der Waals surface area contributed by atoms with Crippen molar-refractivity contribution in [2.24, 2.45) is 10.9 Å². The van der Waals surface area contributed by atoms with E-state index in [0.29, 0.717) is 18.4 Å². The summed E-state index contributed by atoms with van der Waals surface area (Å²) in [6.45, 7) is 7.07. The summed E-state index contributed by atoms with van der Waals surface area (Å²) in [5.74, 6) is 1.51. The van der Waals surface area contributed by atoms with E-state index in [9.17, 15) is 8.42 Å². The second kappa shape index (κ2) is 9.93. The van der Waals surface area contributed by atoms with Gasteiger partial charge in [0.2, 0.25) is 0 Å². The molecule has 0 heterocycles. The molecule has 0 unspecified atom stereocenters. The first-order valence-electron chi connectivity index (χ1n) is 5.56. The number of nitrogens with zero attached hydrogens (tertiary/aromatic N) is 1. The van der Waals surface area contributed by atoms with Crippen molar-refractivity contribution in [3.05, 3.63) is 0 Å². The van der Waals surface area contributed by atoms with E-state index in [-0.39, 0.29) is 35.5 Å². The minimum Gasteiger partial charge on any atom is -0.356 e. The van der Waals surface area contributed by atoms with Gasteiger partial charge in [-0.2, -0.15) is 0 Å². The number of halogens is 1. The zero-order chi connectivity index (χ0) is 12.6. The minimum absolute atomic E-state index is 0. The molecule has 0 atom stereocenters. The Labute approximate surface area is 122 Å². The highest BCUT2D eigenvalue weighted by Gasteiger charge is 2.07. The molecule has 0 aromatic rings. The molecule has 5 nitrogen and oxygen atoms in total. The number of sulfone groups is 1. The Hall–Kier alpha value is -0.0500. The van der Waals surface area contributed by atoms with Gasteiger partial charge in [-0.05, 0) is 5.92 Å². The Morgan fingerprint density at radius 3 is 2.29 bits per heavy atom. The Kier molecular flexibility index (Phi) is 11.3. The lowest BCUT2D eigenvalue weighted by Crippen LogP contribution is -2.41. The number of aliphatic imine (C=N–C) groups is 1. The first-order valence-corrected chi connectivity index (χ1v) is 7.38. The first kappa shape index (κ1) is 19.3. The molecule has 17 heavy (non-hydrogen) atoms. The number of rotatable bonds is 6. The van der Waals surface area contributed by atoms with Crippen molar-refractivity contribution < 1.29 is 8.42 Å². The van der Waals surface area contributed by atoms with Crippen molar-refractivity contribution in [2.45, 2.75) is 20.8 Å². The number of guanidine groups is 1. The topological polar surface area (TPSA) is 70.6 Å². The standard InChI is InChI=1S/C10H23N3O2S.HI/c1-5-16(14,15)7-6-12-10(11-4)13-8-9(2)3;/h9H,5-8H2,1-4H3,(H2,11,12,13);1H. The quantitative estimate of drug-likeness (QED) is 0.409. The van der Waals surface area contributed by atoms with Crippen LogP contribution in [0.2, 0.25) is 0 Å². The van der Waals surface area contributed by atoms with Gasteiger partial charge in [0.1, 0.15) is 0 Å². The molecule has 0 spiro atoms.